The number of rotatable bonds is 6. The second kappa shape index (κ2) is 9.60. The molecular formula is C26H31N7O3. The van der Waals surface area contributed by atoms with E-state index in [0.717, 1.165) is 27.8 Å². The predicted octanol–water partition coefficient (Wildman–Crippen LogP) is 2.68. The molecule has 10 heteroatoms. The molecule has 3 aromatic rings. The molecule has 1 saturated heterocycles. The molecule has 0 bridgehead atoms. The minimum atomic E-state index is -0.0758. The van der Waals surface area contributed by atoms with Crippen LogP contribution in [0.1, 0.15) is 42.4 Å². The third-order valence-electron chi connectivity index (χ3n) is 6.91. The molecule has 0 aliphatic carbocycles. The molecule has 1 aromatic carbocycles. The van der Waals surface area contributed by atoms with E-state index < -0.39 is 0 Å². The molecule has 2 aliphatic heterocycles. The van der Waals surface area contributed by atoms with Gasteiger partial charge in [-0.05, 0) is 31.5 Å². The number of amides is 2. The first-order valence-electron chi connectivity index (χ1n) is 12.2. The minimum absolute atomic E-state index is 0.0544. The van der Waals surface area contributed by atoms with Crippen LogP contribution in [0.5, 0.6) is 5.75 Å². The SMILES string of the molecule is COc1ccc(CNc2nc(N3CCN(C(C)=O)CC3)nc3c2CN(C(C)C)C3=O)c2cccnc12. The number of hydrogen-bond donors (Lipinski definition) is 1. The van der Waals surface area contributed by atoms with Crippen LogP contribution in [0.3, 0.4) is 0 Å². The van der Waals surface area contributed by atoms with Crippen molar-refractivity contribution in [2.24, 2.45) is 0 Å². The summed E-state index contributed by atoms with van der Waals surface area (Å²) in [6, 6.07) is 7.92. The van der Waals surface area contributed by atoms with Gasteiger partial charge in [0.2, 0.25) is 11.9 Å². The molecule has 2 aromatic heterocycles. The van der Waals surface area contributed by atoms with Crippen LogP contribution < -0.4 is 15.0 Å². The summed E-state index contributed by atoms with van der Waals surface area (Å²) >= 11 is 0. The van der Waals surface area contributed by atoms with Gasteiger partial charge >= 0.3 is 0 Å². The summed E-state index contributed by atoms with van der Waals surface area (Å²) in [5.41, 5.74) is 3.12. The molecule has 1 N–H and O–H groups in total. The average molecular weight is 490 g/mol. The Kier molecular flexibility index (Phi) is 6.34. The Morgan fingerprint density at radius 3 is 2.61 bits per heavy atom. The molecule has 2 aliphatic rings. The fraction of sp³-hybridized carbons (Fsp3) is 0.423. The van der Waals surface area contributed by atoms with E-state index in [2.05, 4.69) is 10.3 Å². The van der Waals surface area contributed by atoms with Crippen LogP contribution in [0.2, 0.25) is 0 Å². The number of fused-ring (bicyclic) bond motifs is 2. The normalized spacial score (nSPS) is 15.6. The zero-order valence-electron chi connectivity index (χ0n) is 21.1. The molecule has 2 amide bonds. The number of carbonyl (C=O) groups excluding carboxylic acids is 2. The average Bonchev–Trinajstić information content (AvgIpc) is 3.23. The van der Waals surface area contributed by atoms with Gasteiger partial charge < -0.3 is 24.8 Å². The van der Waals surface area contributed by atoms with E-state index in [1.807, 2.05) is 52.8 Å². The van der Waals surface area contributed by atoms with E-state index >= 15 is 0 Å². The monoisotopic (exact) mass is 489 g/mol. The fourth-order valence-corrected chi connectivity index (χ4v) is 4.81. The Balaban J connectivity index is 1.47. The van der Waals surface area contributed by atoms with Crippen LogP contribution in [-0.2, 0) is 17.9 Å². The third kappa shape index (κ3) is 4.27. The fourth-order valence-electron chi connectivity index (χ4n) is 4.81. The molecule has 0 atom stereocenters. The van der Waals surface area contributed by atoms with Gasteiger partial charge in [0.05, 0.1) is 13.7 Å². The molecule has 36 heavy (non-hydrogen) atoms. The molecule has 5 rings (SSSR count). The van der Waals surface area contributed by atoms with Crippen LogP contribution in [0, 0.1) is 0 Å². The molecule has 10 nitrogen and oxygen atoms in total. The number of anilines is 2. The summed E-state index contributed by atoms with van der Waals surface area (Å²) in [7, 11) is 1.64. The highest BCUT2D eigenvalue weighted by atomic mass is 16.5. The van der Waals surface area contributed by atoms with E-state index in [9.17, 15) is 9.59 Å². The number of piperazine rings is 1. The minimum Gasteiger partial charge on any atom is -0.494 e. The number of benzene rings is 1. The van der Waals surface area contributed by atoms with Crippen LogP contribution in [0.15, 0.2) is 30.5 Å². The van der Waals surface area contributed by atoms with Gasteiger partial charge in [-0.3, -0.25) is 14.6 Å². The zero-order chi connectivity index (χ0) is 25.4. The maximum atomic E-state index is 13.2. The molecular weight excluding hydrogens is 458 g/mol. The van der Waals surface area contributed by atoms with E-state index in [-0.39, 0.29) is 17.9 Å². The van der Waals surface area contributed by atoms with Crippen molar-refractivity contribution < 1.29 is 14.3 Å². The van der Waals surface area contributed by atoms with Crippen molar-refractivity contribution in [1.29, 1.82) is 0 Å². The number of hydrogen-bond acceptors (Lipinski definition) is 8. The first-order chi connectivity index (χ1) is 17.4. The van der Waals surface area contributed by atoms with E-state index in [4.69, 9.17) is 14.7 Å². The van der Waals surface area contributed by atoms with Crippen molar-refractivity contribution in [3.05, 3.63) is 47.3 Å². The lowest BCUT2D eigenvalue weighted by Gasteiger charge is -2.34. The Morgan fingerprint density at radius 2 is 1.92 bits per heavy atom. The lowest BCUT2D eigenvalue weighted by molar-refractivity contribution is -0.129. The van der Waals surface area contributed by atoms with Gasteiger partial charge in [0.15, 0.2) is 0 Å². The highest BCUT2D eigenvalue weighted by Gasteiger charge is 2.35. The third-order valence-corrected chi connectivity index (χ3v) is 6.91. The number of carbonyl (C=O) groups is 2. The standard InChI is InChI=1S/C26H31N7O3/c1-16(2)33-15-20-23(25(33)35)29-26(32-12-10-31(11-13-32)17(3)34)30-24(20)28-14-18-7-8-21(36-4)22-19(18)6-5-9-27-22/h5-9,16H,10-15H2,1-4H3,(H,28,29,30). The maximum Gasteiger partial charge on any atom is 0.273 e. The van der Waals surface area contributed by atoms with Crippen molar-refractivity contribution >= 4 is 34.5 Å². The van der Waals surface area contributed by atoms with Crippen molar-refractivity contribution in [3.8, 4) is 5.75 Å². The van der Waals surface area contributed by atoms with Gasteiger partial charge in [-0.1, -0.05) is 12.1 Å². The number of pyridine rings is 1. The summed E-state index contributed by atoms with van der Waals surface area (Å²) in [4.78, 5) is 44.7. The van der Waals surface area contributed by atoms with Crippen molar-refractivity contribution in [1.82, 2.24) is 24.8 Å². The zero-order valence-corrected chi connectivity index (χ0v) is 21.1. The van der Waals surface area contributed by atoms with Crippen LogP contribution in [0.4, 0.5) is 11.8 Å². The van der Waals surface area contributed by atoms with Gasteiger partial charge in [-0.2, -0.15) is 4.98 Å². The van der Waals surface area contributed by atoms with Crippen LogP contribution >= 0.6 is 0 Å². The van der Waals surface area contributed by atoms with Crippen LogP contribution in [0.25, 0.3) is 10.9 Å². The maximum absolute atomic E-state index is 13.2. The summed E-state index contributed by atoms with van der Waals surface area (Å²) < 4.78 is 5.48. The Hall–Kier alpha value is -3.95. The van der Waals surface area contributed by atoms with E-state index in [0.29, 0.717) is 56.7 Å². The number of methoxy groups -OCH3 is 1. The van der Waals surface area contributed by atoms with Crippen molar-refractivity contribution in [2.45, 2.75) is 39.9 Å². The number of ether oxygens (including phenoxy) is 1. The first kappa shape index (κ1) is 23.8. The lowest BCUT2D eigenvalue weighted by atomic mass is 10.1. The quantitative estimate of drug-likeness (QED) is 0.564. The van der Waals surface area contributed by atoms with Gasteiger partial charge in [0.1, 0.15) is 22.8 Å². The Bertz CT molecular complexity index is 1320. The lowest BCUT2D eigenvalue weighted by Crippen LogP contribution is -2.48. The summed E-state index contributed by atoms with van der Waals surface area (Å²) in [5, 5.41) is 4.48. The second-order valence-electron chi connectivity index (χ2n) is 9.40. The van der Waals surface area contributed by atoms with Gasteiger partial charge in [-0.15, -0.1) is 0 Å². The Labute approximate surface area is 210 Å². The van der Waals surface area contributed by atoms with Crippen molar-refractivity contribution in [3.63, 3.8) is 0 Å². The molecule has 188 valence electrons. The number of aromatic nitrogens is 3. The highest BCUT2D eigenvalue weighted by Crippen LogP contribution is 2.32. The molecule has 0 saturated carbocycles. The largest absolute Gasteiger partial charge is 0.494 e. The van der Waals surface area contributed by atoms with E-state index in [1.165, 1.54) is 0 Å². The highest BCUT2D eigenvalue weighted by molar-refractivity contribution is 5.98. The molecule has 1 fully saturated rings. The van der Waals surface area contributed by atoms with Gasteiger partial charge in [0, 0.05) is 62.8 Å². The topological polar surface area (TPSA) is 104 Å². The number of nitrogens with one attached hydrogen (secondary N) is 1. The summed E-state index contributed by atoms with van der Waals surface area (Å²) in [6.07, 6.45) is 1.75. The predicted molar refractivity (Wildman–Crippen MR) is 137 cm³/mol. The molecule has 0 spiro atoms. The number of nitrogens with zero attached hydrogens (tertiary/aromatic N) is 6. The van der Waals surface area contributed by atoms with Crippen molar-refractivity contribution in [2.75, 3.05) is 43.5 Å². The summed E-state index contributed by atoms with van der Waals surface area (Å²) in [5.74, 6) is 1.89. The van der Waals surface area contributed by atoms with Gasteiger partial charge in [0.25, 0.3) is 5.91 Å². The second-order valence-corrected chi connectivity index (χ2v) is 9.40. The first-order valence-corrected chi connectivity index (χ1v) is 12.2. The Morgan fingerprint density at radius 1 is 1.14 bits per heavy atom. The van der Waals surface area contributed by atoms with Gasteiger partial charge in [-0.25, -0.2) is 4.98 Å². The smallest absolute Gasteiger partial charge is 0.273 e. The van der Waals surface area contributed by atoms with Crippen LogP contribution in [-0.4, -0.2) is 75.9 Å². The summed E-state index contributed by atoms with van der Waals surface area (Å²) in [6.45, 7) is 9.02. The van der Waals surface area contributed by atoms with E-state index in [1.54, 1.807) is 20.2 Å². The molecule has 0 radical (unpaired) electrons. The molecule has 4 heterocycles. The molecule has 0 unspecified atom stereocenters.